The van der Waals surface area contributed by atoms with Crippen LogP contribution in [0.1, 0.15) is 0 Å². The van der Waals surface area contributed by atoms with Crippen molar-refractivity contribution in [1.29, 1.82) is 0 Å². The molecule has 3 aromatic rings. The van der Waals surface area contributed by atoms with Gasteiger partial charge in [-0.25, -0.2) is 4.98 Å². The molecule has 0 fully saturated rings. The highest BCUT2D eigenvalue weighted by atomic mass is 32.2. The van der Waals surface area contributed by atoms with Crippen molar-refractivity contribution in [2.75, 3.05) is 12.9 Å². The van der Waals surface area contributed by atoms with Gasteiger partial charge in [-0.3, -0.25) is 9.78 Å². The van der Waals surface area contributed by atoms with Gasteiger partial charge in [0.05, 0.1) is 18.6 Å². The molecule has 0 saturated heterocycles. The van der Waals surface area contributed by atoms with E-state index in [9.17, 15) is 4.79 Å². The molecule has 106 valence electrons. The predicted octanol–water partition coefficient (Wildman–Crippen LogP) is 1.45. The van der Waals surface area contributed by atoms with E-state index in [1.807, 2.05) is 18.2 Å². The third-order valence-electron chi connectivity index (χ3n) is 2.73. The molecular weight excluding hydrogens is 290 g/mol. The summed E-state index contributed by atoms with van der Waals surface area (Å²) in [5.41, 5.74) is 1.75. The summed E-state index contributed by atoms with van der Waals surface area (Å²) in [4.78, 5) is 23.7. The van der Waals surface area contributed by atoms with Crippen molar-refractivity contribution in [2.45, 2.75) is 5.16 Å². The number of pyridine rings is 1. The number of rotatable bonds is 4. The lowest BCUT2D eigenvalue weighted by atomic mass is 10.2. The standard InChI is InChI=1S/C13H11N5O2S/c1-20-11(19)8-21-13-16-12-15-6-4-10(18(12)17-13)9-3-2-5-14-7-9/h2-7H,8H2,1H3. The van der Waals surface area contributed by atoms with Crippen molar-refractivity contribution >= 4 is 23.5 Å². The van der Waals surface area contributed by atoms with Crippen molar-refractivity contribution in [3.05, 3.63) is 36.8 Å². The van der Waals surface area contributed by atoms with Crippen molar-refractivity contribution in [1.82, 2.24) is 24.6 Å². The highest BCUT2D eigenvalue weighted by Crippen LogP contribution is 2.20. The van der Waals surface area contributed by atoms with Gasteiger partial charge < -0.3 is 4.74 Å². The van der Waals surface area contributed by atoms with Gasteiger partial charge in [0.25, 0.3) is 5.78 Å². The molecule has 3 aromatic heterocycles. The Hall–Kier alpha value is -2.48. The van der Waals surface area contributed by atoms with E-state index in [1.165, 1.54) is 18.9 Å². The third-order valence-corrected chi connectivity index (χ3v) is 3.54. The van der Waals surface area contributed by atoms with Gasteiger partial charge in [-0.1, -0.05) is 11.8 Å². The first kappa shape index (κ1) is 13.5. The summed E-state index contributed by atoms with van der Waals surface area (Å²) < 4.78 is 6.23. The minimum Gasteiger partial charge on any atom is -0.468 e. The summed E-state index contributed by atoms with van der Waals surface area (Å²) in [5.74, 6) is 0.318. The second-order valence-corrected chi connectivity index (χ2v) is 4.99. The maximum absolute atomic E-state index is 11.2. The minimum absolute atomic E-state index is 0.162. The normalized spacial score (nSPS) is 10.7. The van der Waals surface area contributed by atoms with Gasteiger partial charge >= 0.3 is 5.97 Å². The van der Waals surface area contributed by atoms with Crippen LogP contribution in [0.25, 0.3) is 17.0 Å². The molecule has 3 heterocycles. The molecule has 3 rings (SSSR count). The number of hydrogen-bond acceptors (Lipinski definition) is 7. The summed E-state index contributed by atoms with van der Waals surface area (Å²) in [5, 5.41) is 4.84. The number of ether oxygens (including phenoxy) is 1. The number of methoxy groups -OCH3 is 1. The quantitative estimate of drug-likeness (QED) is 0.533. The molecule has 0 unspecified atom stereocenters. The van der Waals surface area contributed by atoms with Crippen LogP contribution in [-0.4, -0.2) is 43.4 Å². The van der Waals surface area contributed by atoms with E-state index in [0.717, 1.165) is 11.3 Å². The van der Waals surface area contributed by atoms with E-state index in [1.54, 1.807) is 23.1 Å². The van der Waals surface area contributed by atoms with Gasteiger partial charge in [0, 0.05) is 24.2 Å². The Morgan fingerprint density at radius 3 is 3.05 bits per heavy atom. The molecule has 0 atom stereocenters. The van der Waals surface area contributed by atoms with Crippen LogP contribution in [0.5, 0.6) is 0 Å². The number of nitrogens with zero attached hydrogens (tertiary/aromatic N) is 5. The van der Waals surface area contributed by atoms with E-state index < -0.39 is 0 Å². The van der Waals surface area contributed by atoms with Crippen LogP contribution in [0.2, 0.25) is 0 Å². The molecule has 8 heteroatoms. The van der Waals surface area contributed by atoms with E-state index in [-0.39, 0.29) is 11.7 Å². The lowest BCUT2D eigenvalue weighted by Gasteiger charge is -2.01. The molecule has 0 aliphatic carbocycles. The molecule has 0 aliphatic rings. The van der Waals surface area contributed by atoms with E-state index in [2.05, 4.69) is 24.8 Å². The number of carbonyl (C=O) groups is 1. The summed E-state index contributed by atoms with van der Waals surface area (Å²) in [6.07, 6.45) is 5.12. The zero-order valence-electron chi connectivity index (χ0n) is 11.1. The fourth-order valence-electron chi connectivity index (χ4n) is 1.75. The Balaban J connectivity index is 1.96. The van der Waals surface area contributed by atoms with Gasteiger partial charge in [0.15, 0.2) is 0 Å². The fourth-order valence-corrected chi connectivity index (χ4v) is 2.40. The molecule has 0 amide bonds. The Labute approximate surface area is 124 Å². The summed E-state index contributed by atoms with van der Waals surface area (Å²) >= 11 is 1.21. The average molecular weight is 301 g/mol. The molecule has 21 heavy (non-hydrogen) atoms. The van der Waals surface area contributed by atoms with Crippen molar-refractivity contribution in [3.63, 3.8) is 0 Å². The van der Waals surface area contributed by atoms with Crippen LogP contribution in [0, 0.1) is 0 Å². The number of hydrogen-bond donors (Lipinski definition) is 0. The molecule has 0 radical (unpaired) electrons. The third kappa shape index (κ3) is 2.84. The highest BCUT2D eigenvalue weighted by Gasteiger charge is 2.11. The van der Waals surface area contributed by atoms with Crippen molar-refractivity contribution in [3.8, 4) is 11.3 Å². The largest absolute Gasteiger partial charge is 0.468 e. The fraction of sp³-hybridized carbons (Fsp3) is 0.154. The molecule has 0 spiro atoms. The number of aromatic nitrogens is 5. The first-order valence-corrected chi connectivity index (χ1v) is 7.08. The molecule has 0 aromatic carbocycles. The lowest BCUT2D eigenvalue weighted by Crippen LogP contribution is -2.03. The van der Waals surface area contributed by atoms with Crippen molar-refractivity contribution < 1.29 is 9.53 Å². The molecular formula is C13H11N5O2S. The van der Waals surface area contributed by atoms with Gasteiger partial charge in [-0.05, 0) is 18.2 Å². The Bertz CT molecular complexity index is 775. The maximum Gasteiger partial charge on any atom is 0.316 e. The Morgan fingerprint density at radius 1 is 1.38 bits per heavy atom. The SMILES string of the molecule is COC(=O)CSc1nc2nccc(-c3cccnc3)n2n1. The topological polar surface area (TPSA) is 82.3 Å². The second-order valence-electron chi connectivity index (χ2n) is 4.04. The predicted molar refractivity (Wildman–Crippen MR) is 76.8 cm³/mol. The monoisotopic (exact) mass is 301 g/mol. The molecule has 0 bridgehead atoms. The maximum atomic E-state index is 11.2. The van der Waals surface area contributed by atoms with Gasteiger partial charge in [0.2, 0.25) is 5.16 Å². The Morgan fingerprint density at radius 2 is 2.29 bits per heavy atom. The van der Waals surface area contributed by atoms with Crippen LogP contribution < -0.4 is 0 Å². The number of fused-ring (bicyclic) bond motifs is 1. The molecule has 0 aliphatic heterocycles. The van der Waals surface area contributed by atoms with Crippen LogP contribution in [-0.2, 0) is 9.53 Å². The lowest BCUT2D eigenvalue weighted by molar-refractivity contribution is -0.137. The van der Waals surface area contributed by atoms with E-state index >= 15 is 0 Å². The minimum atomic E-state index is -0.320. The van der Waals surface area contributed by atoms with Crippen LogP contribution in [0.15, 0.2) is 41.9 Å². The first-order chi connectivity index (χ1) is 10.3. The molecule has 0 saturated carbocycles. The number of carbonyl (C=O) groups excluding carboxylic acids is 1. The average Bonchev–Trinajstić information content (AvgIpc) is 2.96. The summed E-state index contributed by atoms with van der Waals surface area (Å²) in [6.45, 7) is 0. The van der Waals surface area contributed by atoms with Crippen LogP contribution in [0.3, 0.4) is 0 Å². The van der Waals surface area contributed by atoms with Crippen LogP contribution >= 0.6 is 11.8 Å². The van der Waals surface area contributed by atoms with E-state index in [0.29, 0.717) is 10.9 Å². The molecule has 0 N–H and O–H groups in total. The van der Waals surface area contributed by atoms with Gasteiger partial charge in [0.1, 0.15) is 0 Å². The summed E-state index contributed by atoms with van der Waals surface area (Å²) in [6, 6.07) is 5.63. The van der Waals surface area contributed by atoms with Crippen molar-refractivity contribution in [2.24, 2.45) is 0 Å². The van der Waals surface area contributed by atoms with Crippen LogP contribution in [0.4, 0.5) is 0 Å². The van der Waals surface area contributed by atoms with Gasteiger partial charge in [-0.15, -0.1) is 5.10 Å². The number of thioether (sulfide) groups is 1. The number of esters is 1. The first-order valence-electron chi connectivity index (χ1n) is 6.10. The zero-order chi connectivity index (χ0) is 14.7. The summed E-state index contributed by atoms with van der Waals surface area (Å²) in [7, 11) is 1.35. The Kier molecular flexibility index (Phi) is 3.78. The smallest absolute Gasteiger partial charge is 0.316 e. The van der Waals surface area contributed by atoms with Gasteiger partial charge in [-0.2, -0.15) is 9.50 Å². The molecule has 7 nitrogen and oxygen atoms in total. The highest BCUT2D eigenvalue weighted by molar-refractivity contribution is 7.99. The second kappa shape index (κ2) is 5.88. The zero-order valence-corrected chi connectivity index (χ0v) is 11.9. The van der Waals surface area contributed by atoms with E-state index in [4.69, 9.17) is 0 Å².